The molecule has 2 rings (SSSR count). The standard InChI is InChI=1S/C24H42N4O3/c1-24(2,3)22-18(10-9-13-31-22)15-26-23(25-4)27-16-19(28(5)6)17-11-12-20(29-7)21(14-17)30-8/h11-12,14,18-19,22H,9-10,13,15-16H2,1-8H3,(H2,25,26,27). The molecule has 0 radical (unpaired) electrons. The normalized spacial score (nSPS) is 21.0. The van der Waals surface area contributed by atoms with E-state index in [4.69, 9.17) is 14.2 Å². The Bertz CT molecular complexity index is 715. The van der Waals surface area contributed by atoms with Crippen LogP contribution in [-0.4, -0.2) is 72.0 Å². The summed E-state index contributed by atoms with van der Waals surface area (Å²) in [5.41, 5.74) is 1.28. The number of aliphatic imine (C=N–C) groups is 1. The Morgan fingerprint density at radius 3 is 2.48 bits per heavy atom. The van der Waals surface area contributed by atoms with E-state index in [2.05, 4.69) is 61.5 Å². The van der Waals surface area contributed by atoms with Crippen molar-refractivity contribution in [2.45, 2.75) is 45.8 Å². The molecule has 3 atom stereocenters. The molecule has 1 saturated heterocycles. The first kappa shape index (κ1) is 25.3. The van der Waals surface area contributed by atoms with Gasteiger partial charge in [0.1, 0.15) is 0 Å². The van der Waals surface area contributed by atoms with Gasteiger partial charge in [0.25, 0.3) is 0 Å². The van der Waals surface area contributed by atoms with Gasteiger partial charge in [-0.05, 0) is 50.0 Å². The minimum absolute atomic E-state index is 0.132. The van der Waals surface area contributed by atoms with Gasteiger partial charge in [-0.2, -0.15) is 0 Å². The van der Waals surface area contributed by atoms with Crippen molar-refractivity contribution in [3.8, 4) is 11.5 Å². The smallest absolute Gasteiger partial charge is 0.191 e. The summed E-state index contributed by atoms with van der Waals surface area (Å²) in [6.45, 7) is 9.20. The number of hydrogen-bond acceptors (Lipinski definition) is 5. The van der Waals surface area contributed by atoms with Gasteiger partial charge in [-0.1, -0.05) is 26.8 Å². The molecular weight excluding hydrogens is 392 g/mol. The molecule has 1 fully saturated rings. The molecule has 0 amide bonds. The molecule has 1 aromatic rings. The lowest BCUT2D eigenvalue weighted by Crippen LogP contribution is -2.48. The first-order chi connectivity index (χ1) is 14.7. The fourth-order valence-electron chi connectivity index (χ4n) is 4.31. The third kappa shape index (κ3) is 7.01. The summed E-state index contributed by atoms with van der Waals surface area (Å²) in [7, 11) is 9.28. The van der Waals surface area contributed by atoms with Crippen molar-refractivity contribution in [1.82, 2.24) is 15.5 Å². The summed E-state index contributed by atoms with van der Waals surface area (Å²) >= 11 is 0. The summed E-state index contributed by atoms with van der Waals surface area (Å²) in [4.78, 5) is 6.62. The minimum Gasteiger partial charge on any atom is -0.493 e. The third-order valence-corrected chi connectivity index (χ3v) is 5.93. The van der Waals surface area contributed by atoms with E-state index < -0.39 is 0 Å². The van der Waals surface area contributed by atoms with Crippen LogP contribution in [0.15, 0.2) is 23.2 Å². The number of methoxy groups -OCH3 is 2. The highest BCUT2D eigenvalue weighted by Gasteiger charge is 2.35. The molecule has 176 valence electrons. The maximum Gasteiger partial charge on any atom is 0.191 e. The maximum absolute atomic E-state index is 6.12. The van der Waals surface area contributed by atoms with E-state index >= 15 is 0 Å². The highest BCUT2D eigenvalue weighted by molar-refractivity contribution is 5.79. The zero-order valence-corrected chi connectivity index (χ0v) is 20.6. The van der Waals surface area contributed by atoms with Crippen LogP contribution in [0.2, 0.25) is 0 Å². The zero-order chi connectivity index (χ0) is 23.0. The fraction of sp³-hybridized carbons (Fsp3) is 0.708. The number of nitrogens with one attached hydrogen (secondary N) is 2. The van der Waals surface area contributed by atoms with Crippen LogP contribution in [0, 0.1) is 11.3 Å². The van der Waals surface area contributed by atoms with Crippen LogP contribution in [0.25, 0.3) is 0 Å². The lowest BCUT2D eigenvalue weighted by atomic mass is 9.78. The van der Waals surface area contributed by atoms with E-state index in [9.17, 15) is 0 Å². The first-order valence-electron chi connectivity index (χ1n) is 11.2. The Morgan fingerprint density at radius 1 is 1.19 bits per heavy atom. The predicted octanol–water partition coefficient (Wildman–Crippen LogP) is 3.31. The molecule has 7 nitrogen and oxygen atoms in total. The van der Waals surface area contributed by atoms with Crippen molar-refractivity contribution >= 4 is 5.96 Å². The Morgan fingerprint density at radius 2 is 1.90 bits per heavy atom. The number of likely N-dealkylation sites (N-methyl/N-ethyl adjacent to an activating group) is 1. The summed E-state index contributed by atoms with van der Waals surface area (Å²) in [5, 5.41) is 7.02. The lowest BCUT2D eigenvalue weighted by Gasteiger charge is -2.40. The quantitative estimate of drug-likeness (QED) is 0.483. The third-order valence-electron chi connectivity index (χ3n) is 5.93. The highest BCUT2D eigenvalue weighted by atomic mass is 16.5. The van der Waals surface area contributed by atoms with Gasteiger partial charge in [-0.25, -0.2) is 0 Å². The van der Waals surface area contributed by atoms with E-state index in [1.807, 2.05) is 19.2 Å². The van der Waals surface area contributed by atoms with E-state index in [-0.39, 0.29) is 17.6 Å². The van der Waals surface area contributed by atoms with E-state index in [0.717, 1.165) is 42.6 Å². The molecule has 7 heteroatoms. The van der Waals surface area contributed by atoms with Gasteiger partial charge in [0.2, 0.25) is 0 Å². The number of guanidine groups is 1. The van der Waals surface area contributed by atoms with Gasteiger partial charge in [0.15, 0.2) is 17.5 Å². The van der Waals surface area contributed by atoms with Gasteiger partial charge in [0.05, 0.1) is 26.4 Å². The summed E-state index contributed by atoms with van der Waals surface area (Å²) in [6.07, 6.45) is 2.55. The number of nitrogens with zero attached hydrogens (tertiary/aromatic N) is 2. The molecule has 0 aromatic heterocycles. The molecule has 2 N–H and O–H groups in total. The van der Waals surface area contributed by atoms with E-state index in [1.54, 1.807) is 14.2 Å². The number of ether oxygens (including phenoxy) is 3. The molecule has 1 heterocycles. The second-order valence-electron chi connectivity index (χ2n) is 9.49. The second kappa shape index (κ2) is 11.6. The van der Waals surface area contributed by atoms with Crippen molar-refractivity contribution in [1.29, 1.82) is 0 Å². The minimum atomic E-state index is 0.132. The van der Waals surface area contributed by atoms with Gasteiger partial charge in [0, 0.05) is 32.7 Å². The predicted molar refractivity (Wildman–Crippen MR) is 127 cm³/mol. The molecule has 0 spiro atoms. The van der Waals surface area contributed by atoms with Crippen LogP contribution in [0.3, 0.4) is 0 Å². The summed E-state index contributed by atoms with van der Waals surface area (Å²) in [5.74, 6) is 2.76. The molecule has 0 bridgehead atoms. The molecule has 0 aliphatic carbocycles. The Labute approximate surface area is 188 Å². The zero-order valence-electron chi connectivity index (χ0n) is 20.6. The van der Waals surface area contributed by atoms with E-state index in [1.165, 1.54) is 6.42 Å². The largest absolute Gasteiger partial charge is 0.493 e. The molecule has 1 aromatic carbocycles. The highest BCUT2D eigenvalue weighted by Crippen LogP contribution is 2.34. The number of hydrogen-bond donors (Lipinski definition) is 2. The molecule has 1 aliphatic rings. The van der Waals surface area contributed by atoms with Gasteiger partial charge < -0.3 is 29.7 Å². The average molecular weight is 435 g/mol. The molecule has 0 saturated carbocycles. The van der Waals surface area contributed by atoms with Crippen LogP contribution in [0.4, 0.5) is 0 Å². The van der Waals surface area contributed by atoms with Crippen LogP contribution in [0.1, 0.15) is 45.2 Å². The van der Waals surface area contributed by atoms with Crippen molar-refractivity contribution in [3.63, 3.8) is 0 Å². The fourth-order valence-corrected chi connectivity index (χ4v) is 4.31. The maximum atomic E-state index is 6.12. The SMILES string of the molecule is CN=C(NCC1CCCOC1C(C)(C)C)NCC(c1ccc(OC)c(OC)c1)N(C)C. The van der Waals surface area contributed by atoms with Crippen molar-refractivity contribution in [2.75, 3.05) is 55.1 Å². The average Bonchev–Trinajstić information content (AvgIpc) is 2.75. The molecular formula is C24H42N4O3. The van der Waals surface area contributed by atoms with Crippen LogP contribution < -0.4 is 20.1 Å². The molecule has 3 unspecified atom stereocenters. The Balaban J connectivity index is 2.01. The second-order valence-corrected chi connectivity index (χ2v) is 9.49. The first-order valence-corrected chi connectivity index (χ1v) is 11.2. The Kier molecular flexibility index (Phi) is 9.44. The van der Waals surface area contributed by atoms with Gasteiger partial charge in [-0.15, -0.1) is 0 Å². The number of benzene rings is 1. The van der Waals surface area contributed by atoms with Crippen LogP contribution >= 0.6 is 0 Å². The monoisotopic (exact) mass is 434 g/mol. The topological polar surface area (TPSA) is 67.4 Å². The van der Waals surface area contributed by atoms with E-state index in [0.29, 0.717) is 12.5 Å². The lowest BCUT2D eigenvalue weighted by molar-refractivity contribution is -0.0835. The number of rotatable bonds is 8. The van der Waals surface area contributed by atoms with Crippen LogP contribution in [0.5, 0.6) is 11.5 Å². The summed E-state index contributed by atoms with van der Waals surface area (Å²) in [6, 6.07) is 6.22. The van der Waals surface area contributed by atoms with Crippen molar-refractivity contribution in [2.24, 2.45) is 16.3 Å². The molecule has 1 aliphatic heterocycles. The van der Waals surface area contributed by atoms with Crippen molar-refractivity contribution < 1.29 is 14.2 Å². The van der Waals surface area contributed by atoms with Gasteiger partial charge in [-0.3, -0.25) is 4.99 Å². The summed E-state index contributed by atoms with van der Waals surface area (Å²) < 4.78 is 17.0. The molecule has 31 heavy (non-hydrogen) atoms. The van der Waals surface area contributed by atoms with Crippen LogP contribution in [-0.2, 0) is 4.74 Å². The van der Waals surface area contributed by atoms with Gasteiger partial charge >= 0.3 is 0 Å². The van der Waals surface area contributed by atoms with Crippen molar-refractivity contribution in [3.05, 3.63) is 23.8 Å². The Hall–Kier alpha value is -1.99.